The van der Waals surface area contributed by atoms with Gasteiger partial charge in [-0.15, -0.1) is 0 Å². The first-order valence-corrected chi connectivity index (χ1v) is 12.2. The lowest BCUT2D eigenvalue weighted by atomic mass is 10.1. The van der Waals surface area contributed by atoms with Crippen molar-refractivity contribution in [3.63, 3.8) is 0 Å². The van der Waals surface area contributed by atoms with Gasteiger partial charge in [-0.05, 0) is 50.1 Å². The van der Waals surface area contributed by atoms with Gasteiger partial charge in [-0.2, -0.15) is 5.10 Å². The van der Waals surface area contributed by atoms with Gasteiger partial charge in [0.25, 0.3) is 0 Å². The number of benzene rings is 3. The Morgan fingerprint density at radius 2 is 1.73 bits per heavy atom. The molecule has 0 aliphatic carbocycles. The number of halogens is 1. The minimum absolute atomic E-state index is 0.173. The second-order valence-electron chi connectivity index (χ2n) is 8.89. The van der Waals surface area contributed by atoms with Crippen LogP contribution in [0.4, 0.5) is 20.7 Å². The van der Waals surface area contributed by atoms with Gasteiger partial charge < -0.3 is 15.5 Å². The van der Waals surface area contributed by atoms with E-state index in [0.29, 0.717) is 30.2 Å². The molecule has 0 saturated heterocycles. The van der Waals surface area contributed by atoms with Crippen LogP contribution >= 0.6 is 0 Å². The molecule has 0 aliphatic heterocycles. The van der Waals surface area contributed by atoms with Gasteiger partial charge in [0.2, 0.25) is 5.91 Å². The molecule has 0 fully saturated rings. The molecule has 0 aliphatic rings. The van der Waals surface area contributed by atoms with E-state index in [1.807, 2.05) is 69.3 Å². The molecule has 0 atom stereocenters. The Balaban J connectivity index is 1.58. The molecule has 4 aromatic rings. The molecule has 7 nitrogen and oxygen atoms in total. The molecule has 37 heavy (non-hydrogen) atoms. The zero-order chi connectivity index (χ0) is 26.4. The molecular formula is C29H30FN5O2. The maximum Gasteiger partial charge on any atom is 0.322 e. The number of nitrogens with one attached hydrogen (secondary N) is 2. The standard InChI is InChI=1S/C29H30FN5O2/c1-4-15-34(29(37)31-24-12-8-11-23(30)17-24)19-28(36)32-27-18-25(22-9-6-5-7-10-22)33-35(27)26-14-13-20(2)16-21(26)3/h5-14,16-18H,4,15,19H2,1-3H3,(H,31,37)(H,32,36). The van der Waals surface area contributed by atoms with Crippen molar-refractivity contribution in [3.8, 4) is 16.9 Å². The van der Waals surface area contributed by atoms with E-state index in [-0.39, 0.29) is 12.5 Å². The topological polar surface area (TPSA) is 79.3 Å². The monoisotopic (exact) mass is 499 g/mol. The number of anilines is 2. The third-order valence-electron chi connectivity index (χ3n) is 5.82. The fraction of sp³-hybridized carbons (Fsp3) is 0.207. The molecule has 190 valence electrons. The van der Waals surface area contributed by atoms with E-state index in [1.165, 1.54) is 23.1 Å². The summed E-state index contributed by atoms with van der Waals surface area (Å²) in [7, 11) is 0. The lowest BCUT2D eigenvalue weighted by Gasteiger charge is -2.22. The number of carbonyl (C=O) groups is 2. The lowest BCUT2D eigenvalue weighted by molar-refractivity contribution is -0.116. The van der Waals surface area contributed by atoms with Gasteiger partial charge in [0.1, 0.15) is 18.2 Å². The molecule has 0 bridgehead atoms. The summed E-state index contributed by atoms with van der Waals surface area (Å²) in [6, 6.07) is 22.7. The number of carbonyl (C=O) groups excluding carboxylic acids is 2. The zero-order valence-electron chi connectivity index (χ0n) is 21.2. The van der Waals surface area contributed by atoms with Crippen molar-refractivity contribution in [3.05, 3.63) is 95.8 Å². The van der Waals surface area contributed by atoms with Crippen molar-refractivity contribution < 1.29 is 14.0 Å². The van der Waals surface area contributed by atoms with Crippen LogP contribution in [-0.2, 0) is 4.79 Å². The van der Waals surface area contributed by atoms with Crippen molar-refractivity contribution in [1.82, 2.24) is 14.7 Å². The van der Waals surface area contributed by atoms with Gasteiger partial charge in [-0.3, -0.25) is 4.79 Å². The predicted molar refractivity (Wildman–Crippen MR) is 144 cm³/mol. The van der Waals surface area contributed by atoms with E-state index < -0.39 is 11.8 Å². The van der Waals surface area contributed by atoms with Crippen LogP contribution < -0.4 is 10.6 Å². The van der Waals surface area contributed by atoms with Gasteiger partial charge in [-0.1, -0.05) is 61.0 Å². The van der Waals surface area contributed by atoms with E-state index in [9.17, 15) is 14.0 Å². The number of nitrogens with zero attached hydrogens (tertiary/aromatic N) is 3. The second kappa shape index (κ2) is 11.5. The first kappa shape index (κ1) is 25.6. The van der Waals surface area contributed by atoms with E-state index in [1.54, 1.807) is 10.7 Å². The highest BCUT2D eigenvalue weighted by Crippen LogP contribution is 2.26. The minimum Gasteiger partial charge on any atom is -0.315 e. The molecule has 0 radical (unpaired) electrons. The minimum atomic E-state index is -0.476. The summed E-state index contributed by atoms with van der Waals surface area (Å²) in [4.78, 5) is 27.4. The Bertz CT molecular complexity index is 1400. The van der Waals surface area contributed by atoms with Gasteiger partial charge in [0.05, 0.1) is 11.4 Å². The summed E-state index contributed by atoms with van der Waals surface area (Å²) in [5.41, 5.74) is 4.94. The van der Waals surface area contributed by atoms with Crippen LogP contribution in [0.5, 0.6) is 0 Å². The fourth-order valence-electron chi connectivity index (χ4n) is 4.09. The molecule has 3 amide bonds. The highest BCUT2D eigenvalue weighted by atomic mass is 19.1. The molecule has 4 rings (SSSR count). The molecule has 3 aromatic carbocycles. The highest BCUT2D eigenvalue weighted by molar-refractivity contribution is 5.97. The van der Waals surface area contributed by atoms with E-state index in [2.05, 4.69) is 16.7 Å². The Hall–Kier alpha value is -4.46. The predicted octanol–water partition coefficient (Wildman–Crippen LogP) is 6.18. The first-order valence-electron chi connectivity index (χ1n) is 12.2. The Kier molecular flexibility index (Phi) is 7.98. The number of rotatable bonds is 8. The van der Waals surface area contributed by atoms with Crippen molar-refractivity contribution in [2.45, 2.75) is 27.2 Å². The molecular weight excluding hydrogens is 469 g/mol. The second-order valence-corrected chi connectivity index (χ2v) is 8.89. The van der Waals surface area contributed by atoms with E-state index in [0.717, 1.165) is 22.4 Å². The van der Waals surface area contributed by atoms with Crippen molar-refractivity contribution >= 4 is 23.4 Å². The molecule has 1 heterocycles. The SMILES string of the molecule is CCCN(CC(=O)Nc1cc(-c2ccccc2)nn1-c1ccc(C)cc1C)C(=O)Nc1cccc(F)c1. The maximum absolute atomic E-state index is 13.5. The number of amides is 3. The van der Waals surface area contributed by atoms with Crippen LogP contribution in [0.15, 0.2) is 78.9 Å². The summed E-state index contributed by atoms with van der Waals surface area (Å²) in [6.07, 6.45) is 0.655. The lowest BCUT2D eigenvalue weighted by Crippen LogP contribution is -2.41. The molecule has 0 saturated carbocycles. The molecule has 2 N–H and O–H groups in total. The Morgan fingerprint density at radius 3 is 2.43 bits per heavy atom. The fourth-order valence-corrected chi connectivity index (χ4v) is 4.09. The molecule has 0 unspecified atom stereocenters. The highest BCUT2D eigenvalue weighted by Gasteiger charge is 2.20. The third kappa shape index (κ3) is 6.41. The first-order chi connectivity index (χ1) is 17.8. The molecule has 0 spiro atoms. The van der Waals surface area contributed by atoms with Crippen LogP contribution in [0.2, 0.25) is 0 Å². The van der Waals surface area contributed by atoms with Crippen LogP contribution in [-0.4, -0.2) is 39.7 Å². The third-order valence-corrected chi connectivity index (χ3v) is 5.82. The van der Waals surface area contributed by atoms with Crippen molar-refractivity contribution in [2.24, 2.45) is 0 Å². The largest absolute Gasteiger partial charge is 0.322 e. The van der Waals surface area contributed by atoms with Crippen LogP contribution in [0, 0.1) is 19.7 Å². The number of urea groups is 1. The van der Waals surface area contributed by atoms with Gasteiger partial charge >= 0.3 is 6.03 Å². The summed E-state index contributed by atoms with van der Waals surface area (Å²) in [6.45, 7) is 6.13. The van der Waals surface area contributed by atoms with Crippen LogP contribution in [0.1, 0.15) is 24.5 Å². The summed E-state index contributed by atoms with van der Waals surface area (Å²) in [5, 5.41) is 10.4. The number of hydrogen-bond donors (Lipinski definition) is 2. The van der Waals surface area contributed by atoms with Gasteiger partial charge in [-0.25, -0.2) is 13.9 Å². The summed E-state index contributed by atoms with van der Waals surface area (Å²) >= 11 is 0. The smallest absolute Gasteiger partial charge is 0.315 e. The Morgan fingerprint density at radius 1 is 0.946 bits per heavy atom. The number of hydrogen-bond acceptors (Lipinski definition) is 3. The quantitative estimate of drug-likeness (QED) is 0.304. The average Bonchev–Trinajstić information content (AvgIpc) is 3.27. The van der Waals surface area contributed by atoms with E-state index in [4.69, 9.17) is 5.10 Å². The van der Waals surface area contributed by atoms with Gasteiger partial charge in [0, 0.05) is 23.9 Å². The Labute approximate surface area is 215 Å². The summed E-state index contributed by atoms with van der Waals surface area (Å²) < 4.78 is 15.2. The van der Waals surface area contributed by atoms with Crippen LogP contribution in [0.3, 0.4) is 0 Å². The number of aryl methyl sites for hydroxylation is 2. The number of aromatic nitrogens is 2. The molecule has 8 heteroatoms. The molecule has 1 aromatic heterocycles. The van der Waals surface area contributed by atoms with Crippen LogP contribution in [0.25, 0.3) is 16.9 Å². The van der Waals surface area contributed by atoms with Gasteiger partial charge in [0.15, 0.2) is 0 Å². The summed E-state index contributed by atoms with van der Waals surface area (Å²) in [5.74, 6) is -0.322. The maximum atomic E-state index is 13.5. The van der Waals surface area contributed by atoms with Crippen molar-refractivity contribution in [1.29, 1.82) is 0 Å². The zero-order valence-corrected chi connectivity index (χ0v) is 21.2. The van der Waals surface area contributed by atoms with Crippen molar-refractivity contribution in [2.75, 3.05) is 23.7 Å². The average molecular weight is 500 g/mol. The van der Waals surface area contributed by atoms with E-state index >= 15 is 0 Å². The normalized spacial score (nSPS) is 10.7.